The number of aromatic nitrogens is 1. The van der Waals surface area contributed by atoms with Gasteiger partial charge in [-0.1, -0.05) is 29.8 Å². The van der Waals surface area contributed by atoms with Gasteiger partial charge in [0.1, 0.15) is 5.69 Å². The molecule has 0 N–H and O–H groups in total. The Morgan fingerprint density at radius 3 is 3.00 bits per heavy atom. The van der Waals surface area contributed by atoms with Crippen molar-refractivity contribution in [3.8, 4) is 0 Å². The van der Waals surface area contributed by atoms with E-state index >= 15 is 0 Å². The minimum Gasteiger partial charge on any atom is -0.256 e. The first-order valence-electron chi connectivity index (χ1n) is 4.29. The maximum Gasteiger partial charge on any atom is 0.173 e. The smallest absolute Gasteiger partial charge is 0.173 e. The molecule has 1 aromatic heterocycles. The van der Waals surface area contributed by atoms with Gasteiger partial charge in [-0.2, -0.15) is 10.2 Å². The lowest BCUT2D eigenvalue weighted by Gasteiger charge is -2.01. The monoisotopic (exact) mass is 203 g/mol. The average molecular weight is 204 g/mol. The Balaban J connectivity index is 2.43. The standard InChI is InChI=1S/C10H6ClN3/c11-10-7-5-12-8-4-2-1-3-6(8)9(7)13-14-10/h1-5,10H. The number of hydrogen-bond donors (Lipinski definition) is 0. The van der Waals surface area contributed by atoms with Crippen LogP contribution in [0.25, 0.3) is 10.9 Å². The molecule has 1 aromatic carbocycles. The van der Waals surface area contributed by atoms with Gasteiger partial charge >= 0.3 is 0 Å². The van der Waals surface area contributed by atoms with Crippen molar-refractivity contribution in [3.05, 3.63) is 36.0 Å². The van der Waals surface area contributed by atoms with E-state index in [0.29, 0.717) is 0 Å². The van der Waals surface area contributed by atoms with E-state index in [9.17, 15) is 0 Å². The van der Waals surface area contributed by atoms with Crippen LogP contribution in [0.3, 0.4) is 0 Å². The van der Waals surface area contributed by atoms with Crippen LogP contribution in [0.2, 0.25) is 0 Å². The number of alkyl halides is 1. The molecule has 1 aliphatic rings. The molecule has 0 spiro atoms. The molecule has 1 atom stereocenters. The lowest BCUT2D eigenvalue weighted by Crippen LogP contribution is -1.85. The Labute approximate surface area is 85.4 Å². The second-order valence-electron chi connectivity index (χ2n) is 3.13. The lowest BCUT2D eigenvalue weighted by atomic mass is 10.1. The third-order valence-electron chi connectivity index (χ3n) is 2.29. The van der Waals surface area contributed by atoms with Crippen molar-refractivity contribution in [2.75, 3.05) is 0 Å². The van der Waals surface area contributed by atoms with E-state index in [1.165, 1.54) is 0 Å². The third kappa shape index (κ3) is 0.960. The van der Waals surface area contributed by atoms with Gasteiger partial charge in [0.05, 0.1) is 5.52 Å². The number of pyridine rings is 1. The molecule has 1 unspecified atom stereocenters. The molecule has 0 saturated heterocycles. The highest BCUT2D eigenvalue weighted by Crippen LogP contribution is 2.41. The van der Waals surface area contributed by atoms with E-state index < -0.39 is 0 Å². The van der Waals surface area contributed by atoms with Gasteiger partial charge in [0.2, 0.25) is 0 Å². The number of para-hydroxylation sites is 1. The number of rotatable bonds is 0. The van der Waals surface area contributed by atoms with Crippen molar-refractivity contribution in [1.29, 1.82) is 0 Å². The van der Waals surface area contributed by atoms with Crippen LogP contribution in [0.15, 0.2) is 40.7 Å². The van der Waals surface area contributed by atoms with E-state index in [1.807, 2.05) is 24.3 Å². The number of fused-ring (bicyclic) bond motifs is 3. The van der Waals surface area contributed by atoms with Crippen LogP contribution in [0.1, 0.15) is 11.1 Å². The zero-order valence-corrected chi connectivity index (χ0v) is 7.94. The second-order valence-corrected chi connectivity index (χ2v) is 3.54. The van der Waals surface area contributed by atoms with Gasteiger partial charge in [-0.15, -0.1) is 0 Å². The highest BCUT2D eigenvalue weighted by Gasteiger charge is 2.20. The molecule has 3 nitrogen and oxygen atoms in total. The van der Waals surface area contributed by atoms with Crippen LogP contribution >= 0.6 is 11.6 Å². The Morgan fingerprint density at radius 1 is 1.21 bits per heavy atom. The highest BCUT2D eigenvalue weighted by atomic mass is 35.5. The van der Waals surface area contributed by atoms with Gasteiger partial charge < -0.3 is 0 Å². The fourth-order valence-corrected chi connectivity index (χ4v) is 1.80. The van der Waals surface area contributed by atoms with E-state index in [2.05, 4.69) is 15.2 Å². The molecule has 0 aliphatic carbocycles. The zero-order valence-electron chi connectivity index (χ0n) is 7.18. The van der Waals surface area contributed by atoms with Crippen LogP contribution in [0, 0.1) is 0 Å². The summed E-state index contributed by atoms with van der Waals surface area (Å²) in [4.78, 5) is 4.30. The molecule has 0 saturated carbocycles. The normalized spacial score (nSPS) is 18.8. The number of nitrogens with zero attached hydrogens (tertiary/aromatic N) is 3. The molecule has 0 radical (unpaired) electrons. The van der Waals surface area contributed by atoms with Crippen molar-refractivity contribution in [2.45, 2.75) is 5.50 Å². The Morgan fingerprint density at radius 2 is 2.07 bits per heavy atom. The first-order valence-corrected chi connectivity index (χ1v) is 4.72. The predicted molar refractivity (Wildman–Crippen MR) is 54.9 cm³/mol. The first kappa shape index (κ1) is 7.88. The average Bonchev–Trinajstić information content (AvgIpc) is 2.61. The van der Waals surface area contributed by atoms with E-state index in [1.54, 1.807) is 6.20 Å². The SMILES string of the molecule is ClC1N=Nc2c1cnc1ccccc21. The molecular weight excluding hydrogens is 198 g/mol. The zero-order chi connectivity index (χ0) is 9.54. The summed E-state index contributed by atoms with van der Waals surface area (Å²) < 4.78 is 0. The molecule has 4 heteroatoms. The van der Waals surface area contributed by atoms with Crippen LogP contribution in [-0.4, -0.2) is 4.98 Å². The molecule has 0 amide bonds. The predicted octanol–water partition coefficient (Wildman–Crippen LogP) is 3.57. The second kappa shape index (κ2) is 2.75. The Kier molecular flexibility index (Phi) is 1.55. The summed E-state index contributed by atoms with van der Waals surface area (Å²) in [5.74, 6) is 0. The maximum absolute atomic E-state index is 5.94. The van der Waals surface area contributed by atoms with Crippen LogP contribution in [0.4, 0.5) is 5.69 Å². The van der Waals surface area contributed by atoms with Crippen molar-refractivity contribution in [3.63, 3.8) is 0 Å². The van der Waals surface area contributed by atoms with E-state index in [0.717, 1.165) is 22.2 Å². The summed E-state index contributed by atoms with van der Waals surface area (Å²) in [6.45, 7) is 0. The number of halogens is 1. The summed E-state index contributed by atoms with van der Waals surface area (Å²) in [7, 11) is 0. The quantitative estimate of drug-likeness (QED) is 0.476. The molecular formula is C10H6ClN3. The van der Waals surface area contributed by atoms with Gasteiger partial charge in [0, 0.05) is 17.1 Å². The minimum atomic E-state index is -0.373. The van der Waals surface area contributed by atoms with Crippen LogP contribution < -0.4 is 0 Å². The van der Waals surface area contributed by atoms with Crippen molar-refractivity contribution in [1.82, 2.24) is 4.98 Å². The molecule has 14 heavy (non-hydrogen) atoms. The lowest BCUT2D eigenvalue weighted by molar-refractivity contribution is 0.989. The van der Waals surface area contributed by atoms with Crippen LogP contribution in [-0.2, 0) is 0 Å². The molecule has 2 aromatic rings. The summed E-state index contributed by atoms with van der Waals surface area (Å²) >= 11 is 5.94. The Hall–Kier alpha value is -1.48. The highest BCUT2D eigenvalue weighted by molar-refractivity contribution is 6.21. The van der Waals surface area contributed by atoms with E-state index in [4.69, 9.17) is 11.6 Å². The van der Waals surface area contributed by atoms with Crippen molar-refractivity contribution >= 4 is 28.2 Å². The summed E-state index contributed by atoms with van der Waals surface area (Å²) in [5.41, 5.74) is 2.30. The number of azo groups is 1. The van der Waals surface area contributed by atoms with Gasteiger partial charge in [0.25, 0.3) is 0 Å². The molecule has 2 heterocycles. The number of benzene rings is 1. The van der Waals surface area contributed by atoms with Crippen molar-refractivity contribution in [2.24, 2.45) is 10.2 Å². The fourth-order valence-electron chi connectivity index (χ4n) is 1.60. The summed E-state index contributed by atoms with van der Waals surface area (Å²) in [6, 6.07) is 7.84. The molecule has 1 aliphatic heterocycles. The van der Waals surface area contributed by atoms with Crippen molar-refractivity contribution < 1.29 is 0 Å². The summed E-state index contributed by atoms with van der Waals surface area (Å²) in [6.07, 6.45) is 1.75. The van der Waals surface area contributed by atoms with Gasteiger partial charge in [-0.3, -0.25) is 4.98 Å². The molecule has 68 valence electrons. The van der Waals surface area contributed by atoms with Gasteiger partial charge in [-0.25, -0.2) is 0 Å². The van der Waals surface area contributed by atoms with E-state index in [-0.39, 0.29) is 5.50 Å². The molecule has 0 bridgehead atoms. The topological polar surface area (TPSA) is 37.6 Å². The maximum atomic E-state index is 5.94. The molecule has 0 fully saturated rings. The Bertz CT molecular complexity index is 536. The molecule has 3 rings (SSSR count). The fraction of sp³-hybridized carbons (Fsp3) is 0.100. The number of hydrogen-bond acceptors (Lipinski definition) is 3. The van der Waals surface area contributed by atoms with Gasteiger partial charge in [-0.05, 0) is 6.07 Å². The van der Waals surface area contributed by atoms with Gasteiger partial charge in [0.15, 0.2) is 5.50 Å². The minimum absolute atomic E-state index is 0.373. The largest absolute Gasteiger partial charge is 0.256 e. The first-order chi connectivity index (χ1) is 6.86. The van der Waals surface area contributed by atoms with Crippen LogP contribution in [0.5, 0.6) is 0 Å². The third-order valence-corrected chi connectivity index (χ3v) is 2.61. The summed E-state index contributed by atoms with van der Waals surface area (Å²) in [5, 5.41) is 8.98.